The SMILES string of the molecule is COC(=O)C[C@H](NC(=O)OCc1ccccc1)c1ccccc1. The second kappa shape index (κ2) is 8.58. The first-order valence-corrected chi connectivity index (χ1v) is 7.28. The smallest absolute Gasteiger partial charge is 0.407 e. The Labute approximate surface area is 135 Å². The summed E-state index contributed by atoms with van der Waals surface area (Å²) in [5, 5.41) is 2.71. The first-order valence-electron chi connectivity index (χ1n) is 7.28. The Morgan fingerprint density at radius 1 is 1.00 bits per heavy atom. The molecule has 0 unspecified atom stereocenters. The molecule has 5 nitrogen and oxygen atoms in total. The predicted molar refractivity (Wildman–Crippen MR) is 85.6 cm³/mol. The molecule has 0 fully saturated rings. The highest BCUT2D eigenvalue weighted by Crippen LogP contribution is 2.17. The predicted octanol–water partition coefficient (Wildman–Crippen LogP) is 3.22. The van der Waals surface area contributed by atoms with Crippen molar-refractivity contribution < 1.29 is 19.1 Å². The van der Waals surface area contributed by atoms with Crippen molar-refractivity contribution in [3.63, 3.8) is 0 Å². The molecule has 5 heteroatoms. The minimum atomic E-state index is -0.577. The molecule has 0 radical (unpaired) electrons. The summed E-state index contributed by atoms with van der Waals surface area (Å²) in [6, 6.07) is 18.1. The number of nitrogens with one attached hydrogen (secondary N) is 1. The maximum atomic E-state index is 12.0. The number of hydrogen-bond donors (Lipinski definition) is 1. The van der Waals surface area contributed by atoms with Gasteiger partial charge in [-0.2, -0.15) is 0 Å². The minimum Gasteiger partial charge on any atom is -0.469 e. The Hall–Kier alpha value is -2.82. The molecule has 0 heterocycles. The van der Waals surface area contributed by atoms with E-state index in [0.29, 0.717) is 0 Å². The average molecular weight is 313 g/mol. The zero-order chi connectivity index (χ0) is 16.5. The van der Waals surface area contributed by atoms with E-state index in [4.69, 9.17) is 4.74 Å². The first-order chi connectivity index (χ1) is 11.2. The molecule has 2 rings (SSSR count). The Morgan fingerprint density at radius 3 is 2.22 bits per heavy atom. The topological polar surface area (TPSA) is 64.6 Å². The molecule has 1 amide bonds. The quantitative estimate of drug-likeness (QED) is 0.832. The maximum absolute atomic E-state index is 12.0. The molecule has 2 aromatic rings. The fourth-order valence-electron chi connectivity index (χ4n) is 2.09. The normalized spacial score (nSPS) is 11.3. The molecule has 0 aliphatic carbocycles. The molecule has 0 bridgehead atoms. The summed E-state index contributed by atoms with van der Waals surface area (Å²) in [6.07, 6.45) is -0.535. The average Bonchev–Trinajstić information content (AvgIpc) is 2.61. The van der Waals surface area contributed by atoms with Gasteiger partial charge < -0.3 is 14.8 Å². The van der Waals surface area contributed by atoms with Gasteiger partial charge in [-0.3, -0.25) is 4.79 Å². The Kier molecular flexibility index (Phi) is 6.17. The van der Waals surface area contributed by atoms with E-state index in [1.807, 2.05) is 60.7 Å². The molecule has 0 aromatic heterocycles. The molecule has 23 heavy (non-hydrogen) atoms. The third-order valence-electron chi connectivity index (χ3n) is 3.31. The molecule has 0 aliphatic heterocycles. The van der Waals surface area contributed by atoms with Crippen LogP contribution in [0, 0.1) is 0 Å². The zero-order valence-electron chi connectivity index (χ0n) is 12.9. The number of ether oxygens (including phenoxy) is 2. The second-order valence-electron chi connectivity index (χ2n) is 4.95. The summed E-state index contributed by atoms with van der Waals surface area (Å²) < 4.78 is 9.88. The highest BCUT2D eigenvalue weighted by molar-refractivity contribution is 5.73. The molecule has 120 valence electrons. The van der Waals surface area contributed by atoms with Crippen molar-refractivity contribution >= 4 is 12.1 Å². The van der Waals surface area contributed by atoms with Gasteiger partial charge in [-0.05, 0) is 11.1 Å². The van der Waals surface area contributed by atoms with Crippen molar-refractivity contribution in [2.24, 2.45) is 0 Å². The fraction of sp³-hybridized carbons (Fsp3) is 0.222. The van der Waals surface area contributed by atoms with Crippen LogP contribution in [0.2, 0.25) is 0 Å². The van der Waals surface area contributed by atoms with Crippen LogP contribution < -0.4 is 5.32 Å². The van der Waals surface area contributed by atoms with Crippen LogP contribution in [0.25, 0.3) is 0 Å². The molecule has 0 saturated carbocycles. The highest BCUT2D eigenvalue weighted by atomic mass is 16.5. The van der Waals surface area contributed by atoms with E-state index in [9.17, 15) is 9.59 Å². The number of amides is 1. The van der Waals surface area contributed by atoms with Crippen molar-refractivity contribution in [3.05, 3.63) is 71.8 Å². The molecule has 0 aliphatic rings. The van der Waals surface area contributed by atoms with Crippen molar-refractivity contribution in [3.8, 4) is 0 Å². The van der Waals surface area contributed by atoms with E-state index in [2.05, 4.69) is 10.1 Å². The van der Waals surface area contributed by atoms with Gasteiger partial charge in [-0.1, -0.05) is 60.7 Å². The van der Waals surface area contributed by atoms with Gasteiger partial charge in [0.1, 0.15) is 6.61 Å². The molecule has 0 spiro atoms. The summed E-state index contributed by atoms with van der Waals surface area (Å²) in [5.41, 5.74) is 1.71. The molecular weight excluding hydrogens is 294 g/mol. The third-order valence-corrected chi connectivity index (χ3v) is 3.31. The zero-order valence-corrected chi connectivity index (χ0v) is 12.9. The van der Waals surface area contributed by atoms with Gasteiger partial charge in [0.2, 0.25) is 0 Å². The Balaban J connectivity index is 1.96. The maximum Gasteiger partial charge on any atom is 0.407 e. The Morgan fingerprint density at radius 2 is 1.61 bits per heavy atom. The van der Waals surface area contributed by atoms with Crippen LogP contribution in [-0.2, 0) is 20.9 Å². The van der Waals surface area contributed by atoms with Crippen molar-refractivity contribution in [1.82, 2.24) is 5.32 Å². The third kappa shape index (κ3) is 5.47. The molecule has 2 aromatic carbocycles. The van der Waals surface area contributed by atoms with Crippen LogP contribution in [-0.4, -0.2) is 19.2 Å². The van der Waals surface area contributed by atoms with Gasteiger partial charge in [-0.25, -0.2) is 4.79 Å². The van der Waals surface area contributed by atoms with E-state index in [-0.39, 0.29) is 13.0 Å². The fourth-order valence-corrected chi connectivity index (χ4v) is 2.09. The van der Waals surface area contributed by atoms with Gasteiger partial charge in [0.25, 0.3) is 0 Å². The summed E-state index contributed by atoms with van der Waals surface area (Å²) in [6.45, 7) is 0.173. The van der Waals surface area contributed by atoms with Crippen molar-refractivity contribution in [2.75, 3.05) is 7.11 Å². The number of carbonyl (C=O) groups is 2. The summed E-state index contributed by atoms with van der Waals surface area (Å²) in [7, 11) is 1.32. The lowest BCUT2D eigenvalue weighted by Gasteiger charge is -2.18. The van der Waals surface area contributed by atoms with Gasteiger partial charge in [0, 0.05) is 0 Å². The van der Waals surface area contributed by atoms with E-state index in [1.54, 1.807) is 0 Å². The molecule has 0 saturated heterocycles. The molecule has 1 atom stereocenters. The molecule has 1 N–H and O–H groups in total. The number of methoxy groups -OCH3 is 1. The summed E-state index contributed by atoms with van der Waals surface area (Å²) in [5.74, 6) is -0.401. The van der Waals surface area contributed by atoms with E-state index >= 15 is 0 Å². The summed E-state index contributed by atoms with van der Waals surface area (Å²) in [4.78, 5) is 23.5. The number of benzene rings is 2. The van der Waals surface area contributed by atoms with Gasteiger partial charge >= 0.3 is 12.1 Å². The lowest BCUT2D eigenvalue weighted by Crippen LogP contribution is -2.31. The summed E-state index contributed by atoms with van der Waals surface area (Å²) >= 11 is 0. The lowest BCUT2D eigenvalue weighted by molar-refractivity contribution is -0.141. The highest BCUT2D eigenvalue weighted by Gasteiger charge is 2.19. The van der Waals surface area contributed by atoms with Crippen LogP contribution >= 0.6 is 0 Å². The van der Waals surface area contributed by atoms with Gasteiger partial charge in [-0.15, -0.1) is 0 Å². The Bertz CT molecular complexity index is 628. The monoisotopic (exact) mass is 313 g/mol. The minimum absolute atomic E-state index is 0.0426. The first kappa shape index (κ1) is 16.5. The number of alkyl carbamates (subject to hydrolysis) is 1. The van der Waals surface area contributed by atoms with Crippen LogP contribution in [0.3, 0.4) is 0 Å². The van der Waals surface area contributed by atoms with Crippen molar-refractivity contribution in [2.45, 2.75) is 19.1 Å². The van der Waals surface area contributed by atoms with Crippen LogP contribution in [0.4, 0.5) is 4.79 Å². The number of esters is 1. The van der Waals surface area contributed by atoms with Gasteiger partial charge in [0.05, 0.1) is 19.6 Å². The van der Waals surface area contributed by atoms with Crippen molar-refractivity contribution in [1.29, 1.82) is 0 Å². The van der Waals surface area contributed by atoms with E-state index in [1.165, 1.54) is 7.11 Å². The molecular formula is C18H19NO4. The lowest BCUT2D eigenvalue weighted by atomic mass is 10.0. The van der Waals surface area contributed by atoms with Crippen LogP contribution in [0.5, 0.6) is 0 Å². The number of hydrogen-bond acceptors (Lipinski definition) is 4. The standard InChI is InChI=1S/C18H19NO4/c1-22-17(20)12-16(15-10-6-3-7-11-15)19-18(21)23-13-14-8-4-2-5-9-14/h2-11,16H,12-13H2,1H3,(H,19,21)/t16-/m0/s1. The van der Waals surface area contributed by atoms with Crippen LogP contribution in [0.1, 0.15) is 23.6 Å². The van der Waals surface area contributed by atoms with Gasteiger partial charge in [0.15, 0.2) is 0 Å². The van der Waals surface area contributed by atoms with E-state index in [0.717, 1.165) is 11.1 Å². The number of rotatable bonds is 6. The van der Waals surface area contributed by atoms with E-state index < -0.39 is 18.1 Å². The van der Waals surface area contributed by atoms with Crippen LogP contribution in [0.15, 0.2) is 60.7 Å². The number of carbonyl (C=O) groups excluding carboxylic acids is 2. The largest absolute Gasteiger partial charge is 0.469 e. The second-order valence-corrected chi connectivity index (χ2v) is 4.95.